The van der Waals surface area contributed by atoms with E-state index in [1.54, 1.807) is 11.5 Å². The first-order valence-corrected chi connectivity index (χ1v) is 8.34. The van der Waals surface area contributed by atoms with E-state index in [4.69, 9.17) is 0 Å². The van der Waals surface area contributed by atoms with Gasteiger partial charge < -0.3 is 0 Å². The van der Waals surface area contributed by atoms with Crippen LogP contribution in [-0.2, 0) is 6.54 Å². The minimum absolute atomic E-state index is 0.878. The van der Waals surface area contributed by atoms with Crippen LogP contribution in [0.3, 0.4) is 0 Å². The first-order valence-electron chi connectivity index (χ1n) is 7.57. The molecule has 1 aromatic rings. The molecule has 1 aromatic heterocycles. The zero-order valence-corrected chi connectivity index (χ0v) is 12.7. The third kappa shape index (κ3) is 3.33. The standard InChI is InChI=1S/C14H24N4S/c1-12-14(19-16-15-12)11-17-7-9-18(10-8-17)13-5-3-2-4-6-13/h13H,2-11H2,1H3. The first kappa shape index (κ1) is 13.5. The van der Waals surface area contributed by atoms with Crippen molar-refractivity contribution in [2.24, 2.45) is 0 Å². The summed E-state index contributed by atoms with van der Waals surface area (Å²) in [5.41, 5.74) is 1.11. The van der Waals surface area contributed by atoms with E-state index in [9.17, 15) is 0 Å². The summed E-state index contributed by atoms with van der Waals surface area (Å²) >= 11 is 1.56. The molecular formula is C14H24N4S. The summed E-state index contributed by atoms with van der Waals surface area (Å²) in [7, 11) is 0. The van der Waals surface area contributed by atoms with Crippen molar-refractivity contribution in [2.75, 3.05) is 26.2 Å². The number of rotatable bonds is 3. The summed E-state index contributed by atoms with van der Waals surface area (Å²) in [6, 6.07) is 0.878. The molecule has 2 aliphatic rings. The fourth-order valence-electron chi connectivity index (χ4n) is 3.33. The highest BCUT2D eigenvalue weighted by molar-refractivity contribution is 7.05. The molecule has 3 rings (SSSR count). The molecule has 0 amide bonds. The van der Waals surface area contributed by atoms with E-state index in [0.29, 0.717) is 0 Å². The monoisotopic (exact) mass is 280 g/mol. The van der Waals surface area contributed by atoms with Crippen LogP contribution in [0.2, 0.25) is 0 Å². The summed E-state index contributed by atoms with van der Waals surface area (Å²) in [5, 5.41) is 4.10. The van der Waals surface area contributed by atoms with Gasteiger partial charge in [0.2, 0.25) is 0 Å². The molecule has 0 unspecified atom stereocenters. The second kappa shape index (κ2) is 6.29. The molecule has 0 radical (unpaired) electrons. The van der Waals surface area contributed by atoms with Crippen LogP contribution >= 0.6 is 11.5 Å². The fraction of sp³-hybridized carbons (Fsp3) is 0.857. The van der Waals surface area contributed by atoms with Gasteiger partial charge in [0.05, 0.1) is 10.6 Å². The quantitative estimate of drug-likeness (QED) is 0.850. The Labute approximate surface area is 120 Å². The normalized spacial score (nSPS) is 23.8. The minimum atomic E-state index is 0.878. The van der Waals surface area contributed by atoms with E-state index in [-0.39, 0.29) is 0 Å². The van der Waals surface area contributed by atoms with Crippen molar-refractivity contribution in [3.05, 3.63) is 10.6 Å². The molecule has 0 atom stereocenters. The van der Waals surface area contributed by atoms with Crippen LogP contribution in [0.15, 0.2) is 0 Å². The first-order chi connectivity index (χ1) is 9.33. The van der Waals surface area contributed by atoms with Crippen LogP contribution < -0.4 is 0 Å². The van der Waals surface area contributed by atoms with Crippen molar-refractivity contribution in [1.82, 2.24) is 19.4 Å². The highest BCUT2D eigenvalue weighted by Gasteiger charge is 2.25. The van der Waals surface area contributed by atoms with E-state index < -0.39 is 0 Å². The summed E-state index contributed by atoms with van der Waals surface area (Å²) < 4.78 is 4.03. The SMILES string of the molecule is Cc1nnsc1CN1CCN(C2CCCCC2)CC1. The van der Waals surface area contributed by atoms with Gasteiger partial charge in [0.25, 0.3) is 0 Å². The Hall–Kier alpha value is -0.520. The molecule has 19 heavy (non-hydrogen) atoms. The van der Waals surface area contributed by atoms with Gasteiger partial charge in [0.15, 0.2) is 0 Å². The fourth-order valence-corrected chi connectivity index (χ4v) is 4.01. The van der Waals surface area contributed by atoms with Crippen molar-refractivity contribution in [3.8, 4) is 0 Å². The van der Waals surface area contributed by atoms with Gasteiger partial charge in [0, 0.05) is 38.8 Å². The van der Waals surface area contributed by atoms with Crippen molar-refractivity contribution in [3.63, 3.8) is 0 Å². The lowest BCUT2D eigenvalue weighted by Gasteiger charge is -2.40. The summed E-state index contributed by atoms with van der Waals surface area (Å²) in [4.78, 5) is 6.63. The number of nitrogens with zero attached hydrogens (tertiary/aromatic N) is 4. The molecule has 106 valence electrons. The van der Waals surface area contributed by atoms with E-state index in [1.807, 2.05) is 0 Å². The molecule has 5 heteroatoms. The van der Waals surface area contributed by atoms with Gasteiger partial charge in [-0.15, -0.1) is 5.10 Å². The third-order valence-corrected chi connectivity index (χ3v) is 5.42. The maximum absolute atomic E-state index is 4.10. The average molecular weight is 280 g/mol. The van der Waals surface area contributed by atoms with Gasteiger partial charge in [-0.1, -0.05) is 23.8 Å². The summed E-state index contributed by atoms with van der Waals surface area (Å²) in [6.07, 6.45) is 7.19. The topological polar surface area (TPSA) is 32.3 Å². The molecule has 1 aliphatic heterocycles. The molecule has 0 N–H and O–H groups in total. The number of piperazine rings is 1. The van der Waals surface area contributed by atoms with Gasteiger partial charge in [-0.2, -0.15) is 0 Å². The average Bonchev–Trinajstić information content (AvgIpc) is 2.86. The van der Waals surface area contributed by atoms with E-state index in [2.05, 4.69) is 26.3 Å². The zero-order chi connectivity index (χ0) is 13.1. The minimum Gasteiger partial charge on any atom is -0.298 e. The van der Waals surface area contributed by atoms with E-state index in [1.165, 1.54) is 63.2 Å². The van der Waals surface area contributed by atoms with Crippen LogP contribution in [0.1, 0.15) is 42.7 Å². The Morgan fingerprint density at radius 2 is 1.84 bits per heavy atom. The Kier molecular flexibility index (Phi) is 4.45. The summed E-state index contributed by atoms with van der Waals surface area (Å²) in [6.45, 7) is 8.01. The molecule has 2 fully saturated rings. The van der Waals surface area contributed by atoms with Crippen LogP contribution in [0, 0.1) is 6.92 Å². The van der Waals surface area contributed by atoms with E-state index >= 15 is 0 Å². The van der Waals surface area contributed by atoms with Crippen LogP contribution in [0.25, 0.3) is 0 Å². The van der Waals surface area contributed by atoms with Gasteiger partial charge in [-0.3, -0.25) is 9.80 Å². The Morgan fingerprint density at radius 3 is 2.47 bits per heavy atom. The molecular weight excluding hydrogens is 256 g/mol. The lowest BCUT2D eigenvalue weighted by atomic mass is 9.94. The highest BCUT2D eigenvalue weighted by Crippen LogP contribution is 2.24. The van der Waals surface area contributed by atoms with Crippen molar-refractivity contribution >= 4 is 11.5 Å². The zero-order valence-electron chi connectivity index (χ0n) is 11.8. The number of aryl methyl sites for hydroxylation is 1. The predicted octanol–water partition coefficient (Wildman–Crippen LogP) is 2.30. The number of hydrogen-bond donors (Lipinski definition) is 0. The molecule has 1 saturated carbocycles. The molecule has 1 saturated heterocycles. The maximum atomic E-state index is 4.10. The lowest BCUT2D eigenvalue weighted by Crippen LogP contribution is -2.50. The summed E-state index contributed by atoms with van der Waals surface area (Å²) in [5.74, 6) is 0. The molecule has 0 aromatic carbocycles. The van der Waals surface area contributed by atoms with Crippen molar-refractivity contribution < 1.29 is 0 Å². The molecule has 2 heterocycles. The smallest absolute Gasteiger partial charge is 0.0769 e. The van der Waals surface area contributed by atoms with Crippen LogP contribution in [0.5, 0.6) is 0 Å². The predicted molar refractivity (Wildman–Crippen MR) is 78.4 cm³/mol. The Morgan fingerprint density at radius 1 is 1.11 bits per heavy atom. The molecule has 0 bridgehead atoms. The molecule has 4 nitrogen and oxygen atoms in total. The van der Waals surface area contributed by atoms with Gasteiger partial charge in [-0.25, -0.2) is 0 Å². The van der Waals surface area contributed by atoms with Crippen LogP contribution in [0.4, 0.5) is 0 Å². The Bertz CT molecular complexity index is 392. The van der Waals surface area contributed by atoms with Crippen molar-refractivity contribution in [1.29, 1.82) is 0 Å². The van der Waals surface area contributed by atoms with Gasteiger partial charge >= 0.3 is 0 Å². The van der Waals surface area contributed by atoms with Gasteiger partial charge in [0.1, 0.15) is 0 Å². The third-order valence-electron chi connectivity index (χ3n) is 4.61. The lowest BCUT2D eigenvalue weighted by molar-refractivity contribution is 0.0759. The highest BCUT2D eigenvalue weighted by atomic mass is 32.1. The number of aromatic nitrogens is 2. The largest absolute Gasteiger partial charge is 0.298 e. The second-order valence-corrected chi connectivity index (χ2v) is 6.72. The Balaban J connectivity index is 1.48. The molecule has 0 spiro atoms. The second-order valence-electron chi connectivity index (χ2n) is 5.89. The van der Waals surface area contributed by atoms with Gasteiger partial charge in [-0.05, 0) is 31.3 Å². The number of hydrogen-bond acceptors (Lipinski definition) is 5. The van der Waals surface area contributed by atoms with E-state index in [0.717, 1.165) is 18.3 Å². The maximum Gasteiger partial charge on any atom is 0.0769 e. The van der Waals surface area contributed by atoms with Crippen LogP contribution in [-0.4, -0.2) is 51.6 Å². The molecule has 1 aliphatic carbocycles. The van der Waals surface area contributed by atoms with Crippen molar-refractivity contribution in [2.45, 2.75) is 51.6 Å².